The third kappa shape index (κ3) is 2.82. The highest BCUT2D eigenvalue weighted by Gasteiger charge is 2.41. The van der Waals surface area contributed by atoms with E-state index in [1.165, 1.54) is 0 Å². The van der Waals surface area contributed by atoms with Crippen molar-refractivity contribution < 1.29 is 19.4 Å². The summed E-state index contributed by atoms with van der Waals surface area (Å²) >= 11 is 0. The molecule has 0 bridgehead atoms. The van der Waals surface area contributed by atoms with Gasteiger partial charge in [-0.05, 0) is 32.3 Å². The second kappa shape index (κ2) is 5.10. The van der Waals surface area contributed by atoms with Crippen LogP contribution in [0, 0.1) is 5.41 Å². The zero-order valence-corrected chi connectivity index (χ0v) is 12.6. The molecule has 2 heterocycles. The molecule has 1 saturated heterocycles. The van der Waals surface area contributed by atoms with Gasteiger partial charge in [-0.3, -0.25) is 9.48 Å². The van der Waals surface area contributed by atoms with Crippen molar-refractivity contribution in [3.05, 3.63) is 17.5 Å². The van der Waals surface area contributed by atoms with E-state index in [0.717, 1.165) is 30.5 Å². The molecule has 1 aliphatic heterocycles. The number of hydrogen-bond donors (Lipinski definition) is 1. The Balaban J connectivity index is 1.68. The number of hydrogen-bond acceptors (Lipinski definition) is 4. The molecule has 1 aromatic rings. The first-order valence-electron chi connectivity index (χ1n) is 7.47. The summed E-state index contributed by atoms with van der Waals surface area (Å²) in [7, 11) is 0. The van der Waals surface area contributed by atoms with E-state index in [1.807, 2.05) is 10.9 Å². The Hall–Kier alpha value is -1.40. The van der Waals surface area contributed by atoms with Gasteiger partial charge in [0.2, 0.25) is 0 Å². The average molecular weight is 294 g/mol. The Bertz CT molecular complexity index is 544. The van der Waals surface area contributed by atoms with E-state index in [0.29, 0.717) is 26.2 Å². The van der Waals surface area contributed by atoms with Gasteiger partial charge in [0.25, 0.3) is 0 Å². The molecule has 0 saturated carbocycles. The molecule has 6 heteroatoms. The largest absolute Gasteiger partial charge is 0.481 e. The number of carbonyl (C=O) groups is 1. The lowest BCUT2D eigenvalue weighted by Crippen LogP contribution is -2.36. The Morgan fingerprint density at radius 1 is 1.48 bits per heavy atom. The topological polar surface area (TPSA) is 73.6 Å². The van der Waals surface area contributed by atoms with Gasteiger partial charge in [0, 0.05) is 25.6 Å². The van der Waals surface area contributed by atoms with E-state index < -0.39 is 17.2 Å². The van der Waals surface area contributed by atoms with Crippen molar-refractivity contribution in [3.8, 4) is 0 Å². The van der Waals surface area contributed by atoms with Gasteiger partial charge < -0.3 is 14.6 Å². The maximum absolute atomic E-state index is 11.1. The van der Waals surface area contributed by atoms with Crippen molar-refractivity contribution in [3.63, 3.8) is 0 Å². The molecular formula is C15H22N2O4. The number of carboxylic acid groups (broad SMARTS) is 1. The lowest BCUT2D eigenvalue weighted by molar-refractivity contribution is -0.163. The Morgan fingerprint density at radius 2 is 2.19 bits per heavy atom. The summed E-state index contributed by atoms with van der Waals surface area (Å²) in [4.78, 5) is 11.1. The van der Waals surface area contributed by atoms with Crippen LogP contribution in [-0.4, -0.2) is 39.9 Å². The molecule has 1 fully saturated rings. The zero-order valence-electron chi connectivity index (χ0n) is 12.6. The van der Waals surface area contributed by atoms with Crippen LogP contribution < -0.4 is 0 Å². The Kier molecular flexibility index (Phi) is 3.53. The monoisotopic (exact) mass is 294 g/mol. The van der Waals surface area contributed by atoms with E-state index >= 15 is 0 Å². The smallest absolute Gasteiger partial charge is 0.309 e. The molecule has 0 atom stereocenters. The lowest BCUT2D eigenvalue weighted by Gasteiger charge is -2.30. The summed E-state index contributed by atoms with van der Waals surface area (Å²) in [6.45, 7) is 5.43. The fourth-order valence-corrected chi connectivity index (χ4v) is 2.91. The molecule has 0 amide bonds. The molecule has 0 unspecified atom stereocenters. The van der Waals surface area contributed by atoms with Gasteiger partial charge in [0.1, 0.15) is 0 Å². The van der Waals surface area contributed by atoms with Crippen LogP contribution in [0.2, 0.25) is 0 Å². The van der Waals surface area contributed by atoms with Crippen LogP contribution in [0.25, 0.3) is 0 Å². The van der Waals surface area contributed by atoms with Gasteiger partial charge in [0.15, 0.2) is 5.79 Å². The quantitative estimate of drug-likeness (QED) is 0.913. The van der Waals surface area contributed by atoms with E-state index in [4.69, 9.17) is 14.6 Å². The number of carboxylic acids is 1. The molecule has 116 valence electrons. The molecule has 2 aliphatic rings. The third-order valence-corrected chi connectivity index (χ3v) is 4.49. The Labute approximate surface area is 124 Å². The number of aryl methyl sites for hydroxylation is 2. The van der Waals surface area contributed by atoms with Gasteiger partial charge in [0.05, 0.1) is 24.3 Å². The lowest BCUT2D eigenvalue weighted by atomic mass is 9.90. The highest BCUT2D eigenvalue weighted by atomic mass is 16.7. The van der Waals surface area contributed by atoms with E-state index in [9.17, 15) is 4.79 Å². The van der Waals surface area contributed by atoms with Crippen molar-refractivity contribution in [2.24, 2.45) is 5.41 Å². The molecule has 0 radical (unpaired) electrons. The van der Waals surface area contributed by atoms with Crippen LogP contribution in [0.3, 0.4) is 0 Å². The molecule has 6 nitrogen and oxygen atoms in total. The number of fused-ring (bicyclic) bond motifs is 1. The van der Waals surface area contributed by atoms with Gasteiger partial charge in [-0.15, -0.1) is 0 Å². The van der Waals surface area contributed by atoms with Crippen molar-refractivity contribution in [1.82, 2.24) is 9.78 Å². The predicted octanol–water partition coefficient (Wildman–Crippen LogP) is 1.62. The third-order valence-electron chi connectivity index (χ3n) is 4.49. The molecular weight excluding hydrogens is 272 g/mol. The van der Waals surface area contributed by atoms with Gasteiger partial charge in [-0.25, -0.2) is 0 Å². The minimum Gasteiger partial charge on any atom is -0.481 e. The normalized spacial score (nSPS) is 20.7. The number of rotatable bonds is 4. The highest BCUT2D eigenvalue weighted by Crippen LogP contribution is 2.35. The summed E-state index contributed by atoms with van der Waals surface area (Å²) in [5.41, 5.74) is 1.52. The fraction of sp³-hybridized carbons (Fsp3) is 0.733. The SMILES string of the molecule is CC(C)(CCn1cc2c(n1)CCC1(C2)OCCO1)C(=O)O. The summed E-state index contributed by atoms with van der Waals surface area (Å²) < 4.78 is 13.4. The number of ether oxygens (including phenoxy) is 2. The Morgan fingerprint density at radius 3 is 2.86 bits per heavy atom. The summed E-state index contributed by atoms with van der Waals surface area (Å²) in [6, 6.07) is 0. The highest BCUT2D eigenvalue weighted by molar-refractivity contribution is 5.73. The minimum absolute atomic E-state index is 0.443. The van der Waals surface area contributed by atoms with E-state index in [2.05, 4.69) is 5.10 Å². The first-order valence-corrected chi connectivity index (χ1v) is 7.47. The van der Waals surface area contributed by atoms with Crippen molar-refractivity contribution in [1.29, 1.82) is 0 Å². The molecule has 0 aromatic carbocycles. The number of nitrogens with zero attached hydrogens (tertiary/aromatic N) is 2. The average Bonchev–Trinajstić information content (AvgIpc) is 3.03. The second-order valence-electron chi connectivity index (χ2n) is 6.59. The van der Waals surface area contributed by atoms with Gasteiger partial charge >= 0.3 is 5.97 Å². The molecule has 1 N–H and O–H groups in total. The summed E-state index contributed by atoms with van der Waals surface area (Å²) in [5, 5.41) is 13.7. The minimum atomic E-state index is -0.772. The first kappa shape index (κ1) is 14.5. The van der Waals surface area contributed by atoms with E-state index in [1.54, 1.807) is 13.8 Å². The van der Waals surface area contributed by atoms with Crippen molar-refractivity contribution >= 4 is 5.97 Å². The van der Waals surface area contributed by atoms with Crippen LogP contribution in [-0.2, 0) is 33.7 Å². The van der Waals surface area contributed by atoms with Crippen LogP contribution in [0.4, 0.5) is 0 Å². The van der Waals surface area contributed by atoms with Crippen molar-refractivity contribution in [2.45, 2.75) is 51.9 Å². The van der Waals surface area contributed by atoms with Crippen molar-refractivity contribution in [2.75, 3.05) is 13.2 Å². The standard InChI is InChI=1S/C15H22N2O4/c1-14(2,13(18)19)5-6-17-10-11-9-15(20-7-8-21-15)4-3-12(11)16-17/h10H,3-9H2,1-2H3,(H,18,19). The summed E-state index contributed by atoms with van der Waals surface area (Å²) in [5.74, 6) is -1.22. The second-order valence-corrected chi connectivity index (χ2v) is 6.59. The molecule has 1 aromatic heterocycles. The number of aliphatic carboxylic acids is 1. The van der Waals surface area contributed by atoms with Crippen LogP contribution in [0.5, 0.6) is 0 Å². The molecule has 1 spiro atoms. The maximum Gasteiger partial charge on any atom is 0.309 e. The van der Waals surface area contributed by atoms with Gasteiger partial charge in [-0.2, -0.15) is 5.10 Å². The molecule has 21 heavy (non-hydrogen) atoms. The predicted molar refractivity (Wildman–Crippen MR) is 74.9 cm³/mol. The van der Waals surface area contributed by atoms with E-state index in [-0.39, 0.29) is 0 Å². The van der Waals surface area contributed by atoms with Crippen LogP contribution in [0.15, 0.2) is 6.20 Å². The first-order chi connectivity index (χ1) is 9.90. The molecule has 1 aliphatic carbocycles. The van der Waals surface area contributed by atoms with Crippen LogP contribution in [0.1, 0.15) is 37.9 Å². The zero-order chi connectivity index (χ0) is 15.1. The maximum atomic E-state index is 11.1. The number of aromatic nitrogens is 2. The molecule has 3 rings (SSSR count). The van der Waals surface area contributed by atoms with Crippen LogP contribution >= 0.6 is 0 Å². The summed E-state index contributed by atoms with van der Waals surface area (Å²) in [6.07, 6.45) is 5.01. The van der Waals surface area contributed by atoms with Gasteiger partial charge in [-0.1, -0.05) is 0 Å². The fourth-order valence-electron chi connectivity index (χ4n) is 2.91.